The van der Waals surface area contributed by atoms with Crippen molar-refractivity contribution in [3.05, 3.63) is 54.1 Å². The maximum absolute atomic E-state index is 12.7. The third-order valence-corrected chi connectivity index (χ3v) is 4.72. The first-order chi connectivity index (χ1) is 12.9. The van der Waals surface area contributed by atoms with Crippen LogP contribution in [0.15, 0.2) is 48.5 Å². The summed E-state index contributed by atoms with van der Waals surface area (Å²) in [6.07, 6.45) is 3.07. The average Bonchev–Trinajstić information content (AvgIpc) is 3.43. The fourth-order valence-corrected chi connectivity index (χ4v) is 3.26. The van der Waals surface area contributed by atoms with E-state index in [4.69, 9.17) is 4.74 Å². The molecule has 1 saturated carbocycles. The molecule has 0 radical (unpaired) electrons. The first-order valence-corrected chi connectivity index (χ1v) is 10.5. The number of hydrogen-bond donors (Lipinski definition) is 3. The van der Waals surface area contributed by atoms with Gasteiger partial charge in [-0.25, -0.2) is 8.42 Å². The minimum atomic E-state index is -3.47. The maximum Gasteiger partial charge on any atom is 0.247 e. The van der Waals surface area contributed by atoms with Gasteiger partial charge in [-0.1, -0.05) is 30.3 Å². The molecule has 0 aliphatic heterocycles. The van der Waals surface area contributed by atoms with E-state index in [-0.39, 0.29) is 11.9 Å². The summed E-state index contributed by atoms with van der Waals surface area (Å²) in [6.45, 7) is 0. The summed E-state index contributed by atoms with van der Waals surface area (Å²) in [5.41, 5.74) is 1.73. The highest BCUT2D eigenvalue weighted by atomic mass is 32.2. The molecule has 7 nitrogen and oxygen atoms in total. The lowest BCUT2D eigenvalue weighted by molar-refractivity contribution is -0.122. The number of carbonyl (C=O) groups is 1. The number of methoxy groups -OCH3 is 1. The van der Waals surface area contributed by atoms with E-state index in [2.05, 4.69) is 15.4 Å². The monoisotopic (exact) mass is 389 g/mol. The molecule has 0 aromatic heterocycles. The van der Waals surface area contributed by atoms with Gasteiger partial charge in [-0.15, -0.1) is 0 Å². The van der Waals surface area contributed by atoms with Crippen LogP contribution >= 0.6 is 0 Å². The highest BCUT2D eigenvalue weighted by molar-refractivity contribution is 7.92. The molecule has 144 valence electrons. The van der Waals surface area contributed by atoms with Crippen molar-refractivity contribution in [1.82, 2.24) is 5.32 Å². The van der Waals surface area contributed by atoms with Crippen LogP contribution in [0, 0.1) is 0 Å². The van der Waals surface area contributed by atoms with E-state index in [1.165, 1.54) is 7.11 Å². The molecule has 1 fully saturated rings. The average molecular weight is 389 g/mol. The highest BCUT2D eigenvalue weighted by Crippen LogP contribution is 2.31. The van der Waals surface area contributed by atoms with Gasteiger partial charge in [-0.05, 0) is 36.6 Å². The molecular weight excluding hydrogens is 366 g/mol. The van der Waals surface area contributed by atoms with Crippen molar-refractivity contribution >= 4 is 27.3 Å². The maximum atomic E-state index is 12.7. The largest absolute Gasteiger partial charge is 0.495 e. The lowest BCUT2D eigenvalue weighted by Gasteiger charge is -2.21. The van der Waals surface area contributed by atoms with Gasteiger partial charge in [0.25, 0.3) is 0 Å². The minimum absolute atomic E-state index is 0.114. The van der Waals surface area contributed by atoms with Crippen molar-refractivity contribution in [3.8, 4) is 5.75 Å². The molecule has 8 heteroatoms. The Labute approximate surface area is 159 Å². The molecule has 0 unspecified atom stereocenters. The van der Waals surface area contributed by atoms with E-state index in [0.29, 0.717) is 17.1 Å². The predicted molar refractivity (Wildman–Crippen MR) is 105 cm³/mol. The summed E-state index contributed by atoms with van der Waals surface area (Å²) in [5, 5.41) is 6.21. The van der Waals surface area contributed by atoms with Gasteiger partial charge in [-0.2, -0.15) is 0 Å². The summed E-state index contributed by atoms with van der Waals surface area (Å²) < 4.78 is 30.9. The van der Waals surface area contributed by atoms with Crippen molar-refractivity contribution in [2.75, 3.05) is 23.4 Å². The van der Waals surface area contributed by atoms with Crippen LogP contribution < -0.4 is 20.1 Å². The van der Waals surface area contributed by atoms with Crippen molar-refractivity contribution in [2.24, 2.45) is 0 Å². The second kappa shape index (κ2) is 7.87. The number of amides is 1. The van der Waals surface area contributed by atoms with Crippen LogP contribution in [0.25, 0.3) is 0 Å². The number of rotatable bonds is 8. The summed E-state index contributed by atoms with van der Waals surface area (Å²) >= 11 is 0. The molecule has 0 spiro atoms. The summed E-state index contributed by atoms with van der Waals surface area (Å²) in [7, 11) is -2.00. The number of ether oxygens (including phenoxy) is 1. The smallest absolute Gasteiger partial charge is 0.247 e. The van der Waals surface area contributed by atoms with E-state index in [1.54, 1.807) is 18.2 Å². The van der Waals surface area contributed by atoms with Gasteiger partial charge in [0.15, 0.2) is 0 Å². The third-order valence-electron chi connectivity index (χ3n) is 4.12. The molecule has 3 rings (SSSR count). The quantitative estimate of drug-likeness (QED) is 0.645. The number of sulfonamides is 1. The van der Waals surface area contributed by atoms with E-state index < -0.39 is 16.1 Å². The van der Waals surface area contributed by atoms with Crippen molar-refractivity contribution in [2.45, 2.75) is 24.9 Å². The van der Waals surface area contributed by atoms with Crippen LogP contribution in [0.4, 0.5) is 11.4 Å². The molecule has 1 aliphatic rings. The van der Waals surface area contributed by atoms with Crippen molar-refractivity contribution in [1.29, 1.82) is 0 Å². The SMILES string of the molecule is COc1ccc(N[C@H](C(=O)NC2CC2)c2ccccc2)cc1NS(C)(=O)=O. The van der Waals surface area contributed by atoms with Crippen LogP contribution in [0.5, 0.6) is 5.75 Å². The molecule has 1 amide bonds. The Morgan fingerprint density at radius 3 is 2.44 bits per heavy atom. The Morgan fingerprint density at radius 2 is 1.85 bits per heavy atom. The molecule has 0 saturated heterocycles. The Morgan fingerprint density at radius 1 is 1.15 bits per heavy atom. The Hall–Kier alpha value is -2.74. The Bertz CT molecular complexity index is 912. The molecule has 1 atom stereocenters. The van der Waals surface area contributed by atoms with Gasteiger partial charge in [0.1, 0.15) is 11.8 Å². The van der Waals surface area contributed by atoms with Crippen molar-refractivity contribution in [3.63, 3.8) is 0 Å². The number of benzene rings is 2. The molecule has 1 aliphatic carbocycles. The molecule has 2 aromatic rings. The minimum Gasteiger partial charge on any atom is -0.495 e. The van der Waals surface area contributed by atoms with E-state index >= 15 is 0 Å². The lowest BCUT2D eigenvalue weighted by atomic mass is 10.1. The van der Waals surface area contributed by atoms with Gasteiger partial charge >= 0.3 is 0 Å². The van der Waals surface area contributed by atoms with Gasteiger partial charge < -0.3 is 15.4 Å². The zero-order chi connectivity index (χ0) is 19.4. The normalized spacial score (nSPS) is 14.9. The summed E-state index contributed by atoms with van der Waals surface area (Å²) in [4.78, 5) is 12.7. The zero-order valence-corrected chi connectivity index (χ0v) is 16.0. The van der Waals surface area contributed by atoms with E-state index in [0.717, 1.165) is 24.7 Å². The Balaban J connectivity index is 1.88. The van der Waals surface area contributed by atoms with Crippen LogP contribution in [-0.4, -0.2) is 33.7 Å². The molecular formula is C19H23N3O4S. The fourth-order valence-electron chi connectivity index (χ4n) is 2.70. The molecule has 3 N–H and O–H groups in total. The molecule has 27 heavy (non-hydrogen) atoms. The topological polar surface area (TPSA) is 96.5 Å². The van der Waals surface area contributed by atoms with Crippen LogP contribution in [0.2, 0.25) is 0 Å². The van der Waals surface area contributed by atoms with Crippen LogP contribution in [0.1, 0.15) is 24.4 Å². The second-order valence-corrected chi connectivity index (χ2v) is 8.31. The number of carbonyl (C=O) groups excluding carboxylic acids is 1. The first-order valence-electron chi connectivity index (χ1n) is 8.63. The summed E-state index contributed by atoms with van der Waals surface area (Å²) in [6, 6.07) is 14.0. The molecule has 2 aromatic carbocycles. The molecule has 0 heterocycles. The van der Waals surface area contributed by atoms with Gasteiger partial charge in [-0.3, -0.25) is 9.52 Å². The second-order valence-electron chi connectivity index (χ2n) is 6.56. The van der Waals surface area contributed by atoms with E-state index in [9.17, 15) is 13.2 Å². The number of nitrogens with one attached hydrogen (secondary N) is 3. The van der Waals surface area contributed by atoms with Crippen molar-refractivity contribution < 1.29 is 17.9 Å². The highest BCUT2D eigenvalue weighted by Gasteiger charge is 2.28. The van der Waals surface area contributed by atoms with E-state index in [1.807, 2.05) is 30.3 Å². The molecule has 0 bridgehead atoms. The van der Waals surface area contributed by atoms with Crippen LogP contribution in [-0.2, 0) is 14.8 Å². The third kappa shape index (κ3) is 5.37. The van der Waals surface area contributed by atoms with Crippen LogP contribution in [0.3, 0.4) is 0 Å². The fraction of sp³-hybridized carbons (Fsp3) is 0.316. The standard InChI is InChI=1S/C19H23N3O4S/c1-26-17-11-10-15(12-16(17)22-27(2,24)25)20-18(13-6-4-3-5-7-13)19(23)21-14-8-9-14/h3-7,10-12,14,18,20,22H,8-9H2,1-2H3,(H,21,23)/t18-/m0/s1. The summed E-state index contributed by atoms with van der Waals surface area (Å²) in [5.74, 6) is 0.279. The first kappa shape index (κ1) is 19.0. The Kier molecular flexibility index (Phi) is 5.55. The predicted octanol–water partition coefficient (Wildman–Crippen LogP) is 2.50. The van der Waals surface area contributed by atoms with Gasteiger partial charge in [0.05, 0.1) is 19.1 Å². The number of anilines is 2. The van der Waals surface area contributed by atoms with Gasteiger partial charge in [0.2, 0.25) is 15.9 Å². The number of hydrogen-bond acceptors (Lipinski definition) is 5. The van der Waals surface area contributed by atoms with Gasteiger partial charge in [0, 0.05) is 11.7 Å². The zero-order valence-electron chi connectivity index (χ0n) is 15.2. The lowest BCUT2D eigenvalue weighted by Crippen LogP contribution is -2.34.